The summed E-state index contributed by atoms with van der Waals surface area (Å²) in [7, 11) is 0.581. The summed E-state index contributed by atoms with van der Waals surface area (Å²) in [6.45, 7) is 4.62. The highest BCUT2D eigenvalue weighted by Gasteiger charge is 2.36. The Morgan fingerprint density at radius 1 is 0.750 bits per heavy atom. The first-order valence-corrected chi connectivity index (χ1v) is 11.0. The van der Waals surface area contributed by atoms with Gasteiger partial charge in [0.15, 0.2) is 0 Å². The Hall–Kier alpha value is -3.34. The fraction of sp³-hybridized carbons (Fsp3) is 0.143. The molecule has 0 saturated heterocycles. The van der Waals surface area contributed by atoms with Crippen LogP contribution >= 0.6 is 0 Å². The van der Waals surface area contributed by atoms with E-state index < -0.39 is 7.12 Å². The maximum absolute atomic E-state index is 10.3. The molecule has 1 aromatic heterocycles. The highest BCUT2D eigenvalue weighted by Crippen LogP contribution is 2.50. The molecule has 0 spiro atoms. The minimum Gasteiger partial charge on any atom is -0.423 e. The standard InChI is InChI=1S/C28H24BNO2/c1-28(2)24-12-8-7-11-20(24)21-16-23-22-15-18(29(31)32-3)13-14-26(22)30(27(23)17-25(21)28)19-9-5-4-6-10-19/h4-17,31H,1-3H3. The molecule has 0 amide bonds. The van der Waals surface area contributed by atoms with Crippen molar-refractivity contribution in [1.29, 1.82) is 0 Å². The number of hydrogen-bond acceptors (Lipinski definition) is 2. The third kappa shape index (κ3) is 2.57. The average Bonchev–Trinajstić information content (AvgIpc) is 3.27. The molecule has 1 N–H and O–H groups in total. The van der Waals surface area contributed by atoms with Gasteiger partial charge in [0.1, 0.15) is 0 Å². The topological polar surface area (TPSA) is 34.4 Å². The number of para-hydroxylation sites is 1. The largest absolute Gasteiger partial charge is 0.490 e. The molecule has 32 heavy (non-hydrogen) atoms. The molecule has 0 atom stereocenters. The van der Waals surface area contributed by atoms with Crippen molar-refractivity contribution in [3.63, 3.8) is 0 Å². The molecule has 0 radical (unpaired) electrons. The number of aromatic nitrogens is 1. The molecule has 0 fully saturated rings. The van der Waals surface area contributed by atoms with E-state index in [1.165, 1.54) is 40.3 Å². The van der Waals surface area contributed by atoms with E-state index in [0.29, 0.717) is 0 Å². The zero-order chi connectivity index (χ0) is 22.0. The van der Waals surface area contributed by atoms with Crippen LogP contribution in [0.15, 0.2) is 84.9 Å². The van der Waals surface area contributed by atoms with Crippen LogP contribution in [0.2, 0.25) is 0 Å². The van der Waals surface area contributed by atoms with E-state index in [4.69, 9.17) is 4.65 Å². The Balaban J connectivity index is 1.75. The summed E-state index contributed by atoms with van der Waals surface area (Å²) >= 11 is 0. The van der Waals surface area contributed by atoms with Gasteiger partial charge in [-0.3, -0.25) is 0 Å². The molecule has 0 saturated carbocycles. The van der Waals surface area contributed by atoms with Gasteiger partial charge in [0.25, 0.3) is 0 Å². The Bertz CT molecular complexity index is 1500. The van der Waals surface area contributed by atoms with Gasteiger partial charge in [0, 0.05) is 29.0 Å². The summed E-state index contributed by atoms with van der Waals surface area (Å²) in [5, 5.41) is 12.6. The molecule has 6 rings (SSSR count). The van der Waals surface area contributed by atoms with Crippen molar-refractivity contribution in [3.05, 3.63) is 96.1 Å². The number of hydrogen-bond donors (Lipinski definition) is 1. The van der Waals surface area contributed by atoms with Crippen LogP contribution < -0.4 is 5.46 Å². The lowest BCUT2D eigenvalue weighted by molar-refractivity contribution is 0.341. The van der Waals surface area contributed by atoms with Crippen LogP contribution in [-0.4, -0.2) is 23.8 Å². The Labute approximate surface area is 188 Å². The van der Waals surface area contributed by atoms with Crippen molar-refractivity contribution >= 4 is 34.4 Å². The number of benzene rings is 4. The Kier molecular flexibility index (Phi) is 4.13. The number of nitrogens with zero attached hydrogens (tertiary/aromatic N) is 1. The van der Waals surface area contributed by atoms with Gasteiger partial charge in [0.2, 0.25) is 0 Å². The third-order valence-electron chi connectivity index (χ3n) is 7.02. The summed E-state index contributed by atoms with van der Waals surface area (Å²) in [5.74, 6) is 0. The summed E-state index contributed by atoms with van der Waals surface area (Å²) in [6, 6.07) is 30.0. The maximum atomic E-state index is 10.3. The Morgan fingerprint density at radius 3 is 2.25 bits per heavy atom. The molecule has 1 heterocycles. The van der Waals surface area contributed by atoms with Gasteiger partial charge < -0.3 is 14.2 Å². The first kappa shape index (κ1) is 19.4. The van der Waals surface area contributed by atoms with Crippen LogP contribution in [0.25, 0.3) is 38.6 Å². The molecule has 1 aliphatic carbocycles. The molecule has 5 aromatic rings. The van der Waals surface area contributed by atoms with E-state index in [1.54, 1.807) is 0 Å². The van der Waals surface area contributed by atoms with E-state index in [-0.39, 0.29) is 5.41 Å². The highest BCUT2D eigenvalue weighted by atomic mass is 16.5. The van der Waals surface area contributed by atoms with Gasteiger partial charge in [-0.15, -0.1) is 0 Å². The molecular formula is C28H24BNO2. The Morgan fingerprint density at radius 2 is 1.47 bits per heavy atom. The van der Waals surface area contributed by atoms with Gasteiger partial charge in [-0.2, -0.15) is 0 Å². The number of rotatable bonds is 3. The second-order valence-corrected chi connectivity index (χ2v) is 9.12. The van der Waals surface area contributed by atoms with Crippen LogP contribution in [-0.2, 0) is 10.1 Å². The second kappa shape index (κ2) is 6.83. The van der Waals surface area contributed by atoms with Crippen LogP contribution in [0.5, 0.6) is 0 Å². The lowest BCUT2D eigenvalue weighted by Gasteiger charge is -2.21. The SMILES string of the molecule is COB(O)c1ccc2c(c1)c1cc3c(cc1n2-c1ccccc1)C(C)(C)c1ccccc1-3. The van der Waals surface area contributed by atoms with Crippen molar-refractivity contribution in [1.82, 2.24) is 4.57 Å². The van der Waals surface area contributed by atoms with E-state index in [0.717, 1.165) is 22.1 Å². The predicted octanol–water partition coefficient (Wildman–Crippen LogP) is 5.42. The lowest BCUT2D eigenvalue weighted by atomic mass is 9.79. The van der Waals surface area contributed by atoms with Crippen molar-refractivity contribution in [2.24, 2.45) is 0 Å². The van der Waals surface area contributed by atoms with E-state index >= 15 is 0 Å². The molecule has 4 aromatic carbocycles. The van der Waals surface area contributed by atoms with E-state index in [1.807, 2.05) is 12.1 Å². The highest BCUT2D eigenvalue weighted by molar-refractivity contribution is 6.60. The third-order valence-corrected chi connectivity index (χ3v) is 7.02. The van der Waals surface area contributed by atoms with Crippen LogP contribution in [0.1, 0.15) is 25.0 Å². The van der Waals surface area contributed by atoms with Crippen LogP contribution in [0.3, 0.4) is 0 Å². The molecular weight excluding hydrogens is 393 g/mol. The zero-order valence-corrected chi connectivity index (χ0v) is 18.5. The second-order valence-electron chi connectivity index (χ2n) is 9.12. The van der Waals surface area contributed by atoms with Gasteiger partial charge >= 0.3 is 7.12 Å². The quantitative estimate of drug-likeness (QED) is 0.398. The van der Waals surface area contributed by atoms with Crippen molar-refractivity contribution in [3.8, 4) is 16.8 Å². The van der Waals surface area contributed by atoms with Crippen LogP contribution in [0, 0.1) is 0 Å². The van der Waals surface area contributed by atoms with Gasteiger partial charge in [0.05, 0.1) is 11.0 Å². The van der Waals surface area contributed by atoms with E-state index in [2.05, 4.69) is 91.2 Å². The fourth-order valence-corrected chi connectivity index (χ4v) is 5.38. The molecule has 4 heteroatoms. The molecule has 0 unspecified atom stereocenters. The summed E-state index contributed by atoms with van der Waals surface area (Å²) in [5.41, 5.74) is 9.44. The van der Waals surface area contributed by atoms with Gasteiger partial charge in [-0.05, 0) is 58.0 Å². The molecule has 0 aliphatic heterocycles. The van der Waals surface area contributed by atoms with Crippen molar-refractivity contribution in [2.75, 3.05) is 7.11 Å². The molecule has 1 aliphatic rings. The number of fused-ring (bicyclic) bond motifs is 6. The minimum atomic E-state index is -0.941. The van der Waals surface area contributed by atoms with E-state index in [9.17, 15) is 5.02 Å². The van der Waals surface area contributed by atoms with Crippen molar-refractivity contribution in [2.45, 2.75) is 19.3 Å². The molecule has 3 nitrogen and oxygen atoms in total. The normalized spacial score (nSPS) is 14.0. The predicted molar refractivity (Wildman–Crippen MR) is 133 cm³/mol. The summed E-state index contributed by atoms with van der Waals surface area (Å²) in [6.07, 6.45) is 0. The summed E-state index contributed by atoms with van der Waals surface area (Å²) < 4.78 is 7.51. The zero-order valence-electron chi connectivity index (χ0n) is 18.5. The minimum absolute atomic E-state index is 0.0600. The average molecular weight is 417 g/mol. The molecule has 0 bridgehead atoms. The first-order valence-electron chi connectivity index (χ1n) is 11.0. The first-order chi connectivity index (χ1) is 15.5. The lowest BCUT2D eigenvalue weighted by Crippen LogP contribution is -2.32. The smallest absolute Gasteiger partial charge is 0.423 e. The fourth-order valence-electron chi connectivity index (χ4n) is 5.38. The summed E-state index contributed by atoms with van der Waals surface area (Å²) in [4.78, 5) is 0. The van der Waals surface area contributed by atoms with Crippen LogP contribution in [0.4, 0.5) is 0 Å². The van der Waals surface area contributed by atoms with Gasteiger partial charge in [-0.1, -0.05) is 68.4 Å². The van der Waals surface area contributed by atoms with Gasteiger partial charge in [-0.25, -0.2) is 0 Å². The maximum Gasteiger partial charge on any atom is 0.490 e. The molecule has 156 valence electrons. The monoisotopic (exact) mass is 417 g/mol. The van der Waals surface area contributed by atoms with Crippen molar-refractivity contribution < 1.29 is 9.68 Å².